The number of primary amides is 1. The molecule has 2 aliphatic rings. The van der Waals surface area contributed by atoms with Gasteiger partial charge in [-0.3, -0.25) is 28.9 Å². The normalized spacial score (nSPS) is 19.6. The Bertz CT molecular complexity index is 1510. The zero-order valence-corrected chi connectivity index (χ0v) is 22.0. The molecule has 0 radical (unpaired) electrons. The van der Waals surface area contributed by atoms with Crippen LogP contribution in [-0.2, 0) is 22.3 Å². The molecule has 0 bridgehead atoms. The summed E-state index contributed by atoms with van der Waals surface area (Å²) in [5.41, 5.74) is 5.75. The maximum absolute atomic E-state index is 13.5. The smallest absolute Gasteiger partial charge is 0.369 e. The molecule has 39 heavy (non-hydrogen) atoms. The highest BCUT2D eigenvalue weighted by Crippen LogP contribution is 2.36. The highest BCUT2D eigenvalue weighted by atomic mass is 35.5. The van der Waals surface area contributed by atoms with Gasteiger partial charge in [0.2, 0.25) is 5.91 Å². The summed E-state index contributed by atoms with van der Waals surface area (Å²) >= 11 is 6.65. The van der Waals surface area contributed by atoms with Gasteiger partial charge in [0, 0.05) is 23.5 Å². The number of likely N-dealkylation sites (tertiary alicyclic amines) is 1. The summed E-state index contributed by atoms with van der Waals surface area (Å²) in [7, 11) is 0. The minimum atomic E-state index is -4.56. The molecule has 5 rings (SSSR count). The van der Waals surface area contributed by atoms with E-state index in [0.717, 1.165) is 24.2 Å². The van der Waals surface area contributed by atoms with E-state index >= 15 is 0 Å². The molecule has 2 N–H and O–H groups in total. The molecule has 1 atom stereocenters. The Morgan fingerprint density at radius 2 is 2.00 bits per heavy atom. The number of nitrogens with zero attached hydrogens (tertiary/aromatic N) is 4. The number of imide groups is 1. The molecule has 13 heteroatoms. The number of carbonyl (C=O) groups excluding carboxylic acids is 3. The Hall–Kier alpha value is -3.35. The maximum Gasteiger partial charge on any atom is 0.416 e. The van der Waals surface area contributed by atoms with Gasteiger partial charge >= 0.3 is 6.18 Å². The number of fused-ring (bicyclic) bond motifs is 1. The fraction of sp³-hybridized carbons (Fsp3) is 0.308. The van der Waals surface area contributed by atoms with E-state index in [-0.39, 0.29) is 52.2 Å². The summed E-state index contributed by atoms with van der Waals surface area (Å²) in [6, 6.07) is 8.85. The van der Waals surface area contributed by atoms with Crippen molar-refractivity contribution in [1.29, 1.82) is 0 Å². The van der Waals surface area contributed by atoms with Crippen molar-refractivity contribution in [2.45, 2.75) is 19.1 Å². The van der Waals surface area contributed by atoms with Crippen LogP contribution in [0.4, 0.5) is 18.0 Å². The fourth-order valence-electron chi connectivity index (χ4n) is 4.93. The van der Waals surface area contributed by atoms with E-state index in [1.807, 2.05) is 4.90 Å². The van der Waals surface area contributed by atoms with Gasteiger partial charge in [-0.1, -0.05) is 23.7 Å². The Balaban J connectivity index is 1.31. The number of aromatic nitrogens is 2. The van der Waals surface area contributed by atoms with E-state index < -0.39 is 17.6 Å². The van der Waals surface area contributed by atoms with Crippen molar-refractivity contribution in [1.82, 2.24) is 19.6 Å². The lowest BCUT2D eigenvalue weighted by Gasteiger charge is -2.18. The van der Waals surface area contributed by atoms with Crippen molar-refractivity contribution in [3.05, 3.63) is 69.2 Å². The molecule has 0 unspecified atom stereocenters. The van der Waals surface area contributed by atoms with Crippen LogP contribution >= 0.6 is 23.4 Å². The van der Waals surface area contributed by atoms with Gasteiger partial charge in [-0.2, -0.15) is 18.3 Å². The SMILES string of the molecule is NC(=O)CN1CC[C@@H](CN2C(=O)SC(=Cc3ccc4c(cnn4Cc4ccc(Cl)cc4C(F)(F)F)c3)C2=O)C1. The van der Waals surface area contributed by atoms with E-state index in [1.165, 1.54) is 21.7 Å². The van der Waals surface area contributed by atoms with Crippen LogP contribution in [0.15, 0.2) is 47.5 Å². The average molecular weight is 578 g/mol. The lowest BCUT2D eigenvalue weighted by Crippen LogP contribution is -2.36. The highest BCUT2D eigenvalue weighted by Gasteiger charge is 2.38. The van der Waals surface area contributed by atoms with Crippen LogP contribution in [0.25, 0.3) is 17.0 Å². The molecule has 1 aromatic heterocycles. The molecule has 0 saturated carbocycles. The van der Waals surface area contributed by atoms with E-state index in [1.54, 1.807) is 30.5 Å². The van der Waals surface area contributed by atoms with Crippen molar-refractivity contribution in [2.75, 3.05) is 26.2 Å². The minimum Gasteiger partial charge on any atom is -0.369 e. The minimum absolute atomic E-state index is 0.00115. The molecular formula is C26H23ClF3N5O3S. The summed E-state index contributed by atoms with van der Waals surface area (Å²) in [4.78, 5) is 40.1. The van der Waals surface area contributed by atoms with Gasteiger partial charge in [-0.05, 0) is 72.1 Å². The molecule has 3 aromatic rings. The molecule has 2 aliphatic heterocycles. The van der Waals surface area contributed by atoms with Crippen molar-refractivity contribution >= 4 is 57.4 Å². The van der Waals surface area contributed by atoms with Gasteiger partial charge in [0.05, 0.1) is 35.3 Å². The average Bonchev–Trinajstić information content (AvgIpc) is 3.54. The third-order valence-electron chi connectivity index (χ3n) is 6.72. The van der Waals surface area contributed by atoms with Crippen LogP contribution in [0.1, 0.15) is 23.1 Å². The molecule has 204 valence electrons. The van der Waals surface area contributed by atoms with Gasteiger partial charge in [-0.25, -0.2) is 0 Å². The maximum atomic E-state index is 13.5. The predicted molar refractivity (Wildman–Crippen MR) is 142 cm³/mol. The first-order valence-electron chi connectivity index (χ1n) is 12.0. The number of hydrogen-bond acceptors (Lipinski definition) is 6. The highest BCUT2D eigenvalue weighted by molar-refractivity contribution is 8.18. The van der Waals surface area contributed by atoms with Crippen molar-refractivity contribution in [3.8, 4) is 0 Å². The van der Waals surface area contributed by atoms with Crippen molar-refractivity contribution < 1.29 is 27.6 Å². The fourth-order valence-corrected chi connectivity index (χ4v) is 5.95. The molecule has 2 saturated heterocycles. The number of amides is 3. The number of thioether (sulfide) groups is 1. The summed E-state index contributed by atoms with van der Waals surface area (Å²) in [6.45, 7) is 1.59. The molecule has 0 aliphatic carbocycles. The van der Waals surface area contributed by atoms with Gasteiger partial charge in [-0.15, -0.1) is 0 Å². The molecule has 2 fully saturated rings. The molecule has 8 nitrogen and oxygen atoms in total. The van der Waals surface area contributed by atoms with Crippen LogP contribution in [-0.4, -0.2) is 62.8 Å². The Morgan fingerprint density at radius 1 is 1.21 bits per heavy atom. The quantitative estimate of drug-likeness (QED) is 0.412. The van der Waals surface area contributed by atoms with Crippen LogP contribution in [0.5, 0.6) is 0 Å². The zero-order valence-electron chi connectivity index (χ0n) is 20.4. The first kappa shape index (κ1) is 27.2. The lowest BCUT2D eigenvalue weighted by atomic mass is 10.1. The molecule has 3 heterocycles. The largest absolute Gasteiger partial charge is 0.416 e. The predicted octanol–water partition coefficient (Wildman–Crippen LogP) is 4.60. The lowest BCUT2D eigenvalue weighted by molar-refractivity contribution is -0.138. The van der Waals surface area contributed by atoms with E-state index in [9.17, 15) is 27.6 Å². The van der Waals surface area contributed by atoms with Crippen molar-refractivity contribution in [2.24, 2.45) is 11.7 Å². The number of alkyl halides is 3. The second-order valence-electron chi connectivity index (χ2n) is 9.57. The summed E-state index contributed by atoms with van der Waals surface area (Å²) < 4.78 is 42.0. The molecule has 0 spiro atoms. The van der Waals surface area contributed by atoms with Gasteiger partial charge in [0.1, 0.15) is 0 Å². The van der Waals surface area contributed by atoms with Gasteiger partial charge < -0.3 is 5.73 Å². The Morgan fingerprint density at radius 3 is 2.74 bits per heavy atom. The van der Waals surface area contributed by atoms with Crippen LogP contribution in [0.3, 0.4) is 0 Å². The number of rotatable bonds is 7. The molecule has 2 aromatic carbocycles. The van der Waals surface area contributed by atoms with Crippen molar-refractivity contribution in [3.63, 3.8) is 0 Å². The van der Waals surface area contributed by atoms with E-state index in [2.05, 4.69) is 5.10 Å². The van der Waals surface area contributed by atoms with Gasteiger partial charge in [0.15, 0.2) is 0 Å². The molecule has 3 amide bonds. The number of benzene rings is 2. The van der Waals surface area contributed by atoms with Crippen LogP contribution < -0.4 is 5.73 Å². The van der Waals surface area contributed by atoms with Crippen LogP contribution in [0, 0.1) is 5.92 Å². The van der Waals surface area contributed by atoms with E-state index in [0.29, 0.717) is 29.6 Å². The summed E-state index contributed by atoms with van der Waals surface area (Å²) in [5, 5.41) is 4.58. The zero-order chi connectivity index (χ0) is 27.9. The van der Waals surface area contributed by atoms with Gasteiger partial charge in [0.25, 0.3) is 11.1 Å². The third-order valence-corrected chi connectivity index (χ3v) is 7.87. The Kier molecular flexibility index (Phi) is 7.45. The topological polar surface area (TPSA) is 102 Å². The number of nitrogens with two attached hydrogens (primary N) is 1. The summed E-state index contributed by atoms with van der Waals surface area (Å²) in [5.74, 6) is -0.724. The second-order valence-corrected chi connectivity index (χ2v) is 11.0. The molecular weight excluding hydrogens is 555 g/mol. The Labute approximate surface area is 230 Å². The first-order chi connectivity index (χ1) is 18.5. The third kappa shape index (κ3) is 5.97. The monoisotopic (exact) mass is 577 g/mol. The number of hydrogen-bond donors (Lipinski definition) is 1. The van der Waals surface area contributed by atoms with E-state index in [4.69, 9.17) is 17.3 Å². The first-order valence-corrected chi connectivity index (χ1v) is 13.2. The number of carbonyl (C=O) groups is 3. The van der Waals surface area contributed by atoms with Crippen LogP contribution in [0.2, 0.25) is 5.02 Å². The second kappa shape index (κ2) is 10.7. The standard InChI is InChI=1S/C26H23ClF3N5O3S/c27-19-3-2-17(20(9-19)26(28,29)30)13-35-21-4-1-15(7-18(21)10-32-35)8-22-24(37)34(25(38)39-22)12-16-5-6-33(11-16)14-23(31)36/h1-4,7-10,16H,5-6,11-14H2,(H2,31,36)/t16-/m1/s1. The summed E-state index contributed by atoms with van der Waals surface area (Å²) in [6.07, 6.45) is -0.634. The number of halogens is 4.